The van der Waals surface area contributed by atoms with Crippen LogP contribution in [0.25, 0.3) is 28.1 Å². The summed E-state index contributed by atoms with van der Waals surface area (Å²) in [5.74, 6) is -0.350. The van der Waals surface area contributed by atoms with E-state index in [1.165, 1.54) is 0 Å². The lowest BCUT2D eigenvalue weighted by Gasteiger charge is -2.03. The molecule has 5 rings (SSSR count). The predicted molar refractivity (Wildman–Crippen MR) is 106 cm³/mol. The molecule has 2 aliphatic heterocycles. The van der Waals surface area contributed by atoms with Gasteiger partial charge < -0.3 is 9.40 Å². The fraction of sp³-hybridized carbons (Fsp3) is 0.0476. The highest BCUT2D eigenvalue weighted by Gasteiger charge is 2.26. The lowest BCUT2D eigenvalue weighted by Crippen LogP contribution is -2.17. The van der Waals surface area contributed by atoms with Crippen molar-refractivity contribution in [2.45, 2.75) is 6.42 Å². The molecule has 1 aromatic heterocycles. The maximum atomic E-state index is 12.0. The molecular weight excluding hydrogens is 360 g/mol. The number of carbonyl (C=O) groups is 2. The Morgan fingerprint density at radius 1 is 1.11 bits per heavy atom. The Hall–Kier alpha value is -3.25. The number of hydrogen-bond acceptors (Lipinski definition) is 4. The van der Waals surface area contributed by atoms with E-state index in [9.17, 15) is 9.59 Å². The summed E-state index contributed by atoms with van der Waals surface area (Å²) in [4.78, 5) is 27.3. The average Bonchev–Trinajstić information content (AvgIpc) is 3.31. The van der Waals surface area contributed by atoms with Gasteiger partial charge in [-0.2, -0.15) is 0 Å². The normalized spacial score (nSPS) is 15.9. The lowest BCUT2D eigenvalue weighted by atomic mass is 10.0. The average molecular weight is 374 g/mol. The van der Waals surface area contributed by atoms with Crippen molar-refractivity contribution in [2.75, 3.05) is 0 Å². The van der Waals surface area contributed by atoms with E-state index in [0.717, 1.165) is 50.6 Å². The van der Waals surface area contributed by atoms with Crippen LogP contribution in [0.1, 0.15) is 16.8 Å². The first kappa shape index (κ1) is 16.0. The molecule has 1 fully saturated rings. The van der Waals surface area contributed by atoms with Crippen LogP contribution in [0.5, 0.6) is 0 Å². The third-order valence-electron chi connectivity index (χ3n) is 4.67. The minimum atomic E-state index is -0.350. The monoisotopic (exact) mass is 374 g/mol. The van der Waals surface area contributed by atoms with Crippen LogP contribution in [-0.2, 0) is 11.2 Å². The quantitative estimate of drug-likeness (QED) is 0.506. The van der Waals surface area contributed by atoms with E-state index >= 15 is 0 Å². The second kappa shape index (κ2) is 6.17. The number of carbonyl (C=O) groups excluding carboxylic acids is 2. The Labute approximate surface area is 158 Å². The van der Waals surface area contributed by atoms with E-state index in [-0.39, 0.29) is 11.1 Å². The van der Waals surface area contributed by atoms with Crippen LogP contribution in [0.15, 0.2) is 64.3 Å². The van der Waals surface area contributed by atoms with Crippen LogP contribution in [0.2, 0.25) is 0 Å². The van der Waals surface area contributed by atoms with Crippen LogP contribution in [0.3, 0.4) is 0 Å². The number of nitrogens with one attached hydrogen (secondary N) is 2. The maximum Gasteiger partial charge on any atom is 0.290 e. The molecular formula is C21H14N2O3S. The molecule has 2 aromatic rings. The van der Waals surface area contributed by atoms with Crippen molar-refractivity contribution in [3.05, 3.63) is 76.7 Å². The SMILES string of the molecule is O=C1NC(=O)C(=Cc2c(Cc3cc4ccccc4[nH]3)cc3coccc2-3)S1. The van der Waals surface area contributed by atoms with Crippen LogP contribution in [0, 0.1) is 0 Å². The minimum Gasteiger partial charge on any atom is -0.472 e. The van der Waals surface area contributed by atoms with Crippen molar-refractivity contribution in [3.8, 4) is 11.1 Å². The van der Waals surface area contributed by atoms with E-state index in [4.69, 9.17) is 4.42 Å². The highest BCUT2D eigenvalue weighted by molar-refractivity contribution is 8.18. The van der Waals surface area contributed by atoms with Crippen molar-refractivity contribution in [2.24, 2.45) is 0 Å². The zero-order valence-corrected chi connectivity index (χ0v) is 14.9. The van der Waals surface area contributed by atoms with Crippen molar-refractivity contribution < 1.29 is 14.0 Å². The van der Waals surface area contributed by atoms with Gasteiger partial charge in [0.1, 0.15) is 0 Å². The highest BCUT2D eigenvalue weighted by atomic mass is 32.2. The summed E-state index contributed by atoms with van der Waals surface area (Å²) in [5, 5.41) is 3.13. The Bertz CT molecular complexity index is 1170. The summed E-state index contributed by atoms with van der Waals surface area (Å²) >= 11 is 0.930. The lowest BCUT2D eigenvalue weighted by molar-refractivity contribution is -0.115. The molecule has 1 saturated heterocycles. The molecule has 3 aliphatic rings. The molecule has 6 heteroatoms. The molecule has 1 aromatic carbocycles. The summed E-state index contributed by atoms with van der Waals surface area (Å²) in [6.45, 7) is 0. The molecule has 2 amide bonds. The van der Waals surface area contributed by atoms with Crippen molar-refractivity contribution in [1.29, 1.82) is 0 Å². The molecule has 0 bridgehead atoms. The van der Waals surface area contributed by atoms with E-state index in [0.29, 0.717) is 11.3 Å². The molecule has 5 nitrogen and oxygen atoms in total. The van der Waals surface area contributed by atoms with Gasteiger partial charge in [-0.3, -0.25) is 14.9 Å². The molecule has 2 N–H and O–H groups in total. The van der Waals surface area contributed by atoms with Crippen molar-refractivity contribution >= 4 is 39.9 Å². The fourth-order valence-corrected chi connectivity index (χ4v) is 4.14. The Kier molecular flexibility index (Phi) is 3.65. The molecule has 27 heavy (non-hydrogen) atoms. The summed E-state index contributed by atoms with van der Waals surface area (Å²) in [6.07, 6.45) is 5.79. The summed E-state index contributed by atoms with van der Waals surface area (Å²) in [6, 6.07) is 14.2. The third kappa shape index (κ3) is 2.84. The number of para-hydroxylation sites is 1. The number of thioether (sulfide) groups is 1. The highest BCUT2D eigenvalue weighted by Crippen LogP contribution is 2.37. The van der Waals surface area contributed by atoms with Crippen molar-refractivity contribution in [1.82, 2.24) is 10.3 Å². The molecule has 0 atom stereocenters. The van der Waals surface area contributed by atoms with Gasteiger partial charge >= 0.3 is 0 Å². The minimum absolute atomic E-state index is 0.339. The molecule has 0 saturated carbocycles. The Morgan fingerprint density at radius 2 is 2.00 bits per heavy atom. The maximum absolute atomic E-state index is 12.0. The van der Waals surface area contributed by atoms with E-state index in [1.807, 2.05) is 24.3 Å². The zero-order valence-electron chi connectivity index (χ0n) is 14.1. The number of aromatic amines is 1. The largest absolute Gasteiger partial charge is 0.472 e. The molecule has 0 spiro atoms. The second-order valence-electron chi connectivity index (χ2n) is 6.42. The first-order valence-corrected chi connectivity index (χ1v) is 9.28. The van der Waals surface area contributed by atoms with Crippen LogP contribution in [-0.4, -0.2) is 16.1 Å². The van der Waals surface area contributed by atoms with Gasteiger partial charge in [0.2, 0.25) is 0 Å². The standard InChI is InChI=1S/C21H14N2O3S/c24-20-19(27-21(25)23-20)10-17-13(7-14-11-26-6-5-16(14)17)9-15-8-12-3-1-2-4-18(12)22-15/h1-8,10-11,22H,9H2,(H,23,24,25). The van der Waals surface area contributed by atoms with Gasteiger partial charge in [0.25, 0.3) is 11.1 Å². The molecule has 0 radical (unpaired) electrons. The summed E-state index contributed by atoms with van der Waals surface area (Å²) in [5.41, 5.74) is 6.14. The van der Waals surface area contributed by atoms with E-state index < -0.39 is 0 Å². The zero-order chi connectivity index (χ0) is 18.4. The van der Waals surface area contributed by atoms with Crippen LogP contribution in [0.4, 0.5) is 4.79 Å². The summed E-state index contributed by atoms with van der Waals surface area (Å²) in [7, 11) is 0. The van der Waals surface area contributed by atoms with Gasteiger partial charge in [-0.05, 0) is 64.2 Å². The van der Waals surface area contributed by atoms with Gasteiger partial charge in [-0.1, -0.05) is 18.2 Å². The van der Waals surface area contributed by atoms with Crippen LogP contribution < -0.4 is 5.32 Å². The van der Waals surface area contributed by atoms with Gasteiger partial charge in [-0.25, -0.2) is 0 Å². The van der Waals surface area contributed by atoms with Crippen LogP contribution >= 0.6 is 11.8 Å². The number of fused-ring (bicyclic) bond motifs is 2. The van der Waals surface area contributed by atoms with E-state index in [1.54, 1.807) is 18.6 Å². The van der Waals surface area contributed by atoms with Gasteiger partial charge in [0.05, 0.1) is 17.4 Å². The fourth-order valence-electron chi connectivity index (χ4n) is 3.48. The topological polar surface area (TPSA) is 75.1 Å². The van der Waals surface area contributed by atoms with E-state index in [2.05, 4.69) is 28.5 Å². The second-order valence-corrected chi connectivity index (χ2v) is 7.43. The first-order valence-electron chi connectivity index (χ1n) is 8.47. The van der Waals surface area contributed by atoms with Crippen molar-refractivity contribution in [3.63, 3.8) is 0 Å². The summed E-state index contributed by atoms with van der Waals surface area (Å²) < 4.78 is 5.30. The van der Waals surface area contributed by atoms with Gasteiger partial charge in [0, 0.05) is 23.2 Å². The van der Waals surface area contributed by atoms with Gasteiger partial charge in [0.15, 0.2) is 0 Å². The number of imide groups is 1. The smallest absolute Gasteiger partial charge is 0.290 e. The number of amides is 2. The predicted octanol–water partition coefficient (Wildman–Crippen LogP) is 4.78. The number of benzene rings is 1. The molecule has 132 valence electrons. The molecule has 3 heterocycles. The third-order valence-corrected chi connectivity index (χ3v) is 5.48. The molecule has 0 unspecified atom stereocenters. The Balaban J connectivity index is 1.61. The number of H-pyrrole nitrogens is 1. The number of hydrogen-bond donors (Lipinski definition) is 2. The number of rotatable bonds is 3. The number of aromatic nitrogens is 1. The Morgan fingerprint density at radius 3 is 2.81 bits per heavy atom. The first-order chi connectivity index (χ1) is 13.2. The van der Waals surface area contributed by atoms with Gasteiger partial charge in [-0.15, -0.1) is 0 Å². The molecule has 1 aliphatic carbocycles.